The van der Waals surface area contributed by atoms with Crippen LogP contribution in [0.5, 0.6) is 0 Å². The third-order valence-corrected chi connectivity index (χ3v) is 26.2. The van der Waals surface area contributed by atoms with Crippen LogP contribution in [0.15, 0.2) is 437 Å². The van der Waals surface area contributed by atoms with Crippen LogP contribution in [0, 0.1) is 0 Å². The normalized spacial score (nSPS) is 13.7. The highest BCUT2D eigenvalue weighted by molar-refractivity contribution is 6.18. The second-order valence-electron chi connectivity index (χ2n) is 32.6. The maximum Gasteiger partial charge on any atom is 0.164 e. The highest BCUT2D eigenvalue weighted by Gasteiger charge is 2.53. The zero-order valence-electron chi connectivity index (χ0n) is 67.1. The first-order valence-electron chi connectivity index (χ1n) is 42.4. The van der Waals surface area contributed by atoms with Gasteiger partial charge in [-0.25, -0.2) is 29.9 Å². The van der Waals surface area contributed by atoms with Gasteiger partial charge in [0.25, 0.3) is 0 Å². The van der Waals surface area contributed by atoms with Crippen LogP contribution in [0.3, 0.4) is 0 Å². The summed E-state index contributed by atoms with van der Waals surface area (Å²) in [5.41, 5.74) is 34.8. The van der Waals surface area contributed by atoms with Crippen molar-refractivity contribution in [2.24, 2.45) is 0 Å². The molecular weight excluding hydrogens is 1510 g/mol. The number of aromatic nitrogens is 8. The second kappa shape index (κ2) is 28.1. The molecule has 0 N–H and O–H groups in total. The molecule has 1 unspecified atom stereocenters. The molecule has 0 aliphatic heterocycles. The van der Waals surface area contributed by atoms with Gasteiger partial charge in [-0.2, -0.15) is 0 Å². The molecule has 3 aliphatic carbocycles. The fourth-order valence-corrected chi connectivity index (χ4v) is 21.0. The summed E-state index contributed by atoms with van der Waals surface area (Å²) in [4.78, 5) is 32.3. The van der Waals surface area contributed by atoms with Crippen LogP contribution in [0.25, 0.3) is 190 Å². The lowest BCUT2D eigenvalue weighted by Crippen LogP contribution is -2.28. The largest absolute Gasteiger partial charge is 0.309 e. The van der Waals surface area contributed by atoms with Gasteiger partial charge in [0.05, 0.1) is 32.9 Å². The van der Waals surface area contributed by atoms with Gasteiger partial charge in [0.15, 0.2) is 34.9 Å². The van der Waals surface area contributed by atoms with Crippen LogP contribution in [0.2, 0.25) is 0 Å². The van der Waals surface area contributed by atoms with Gasteiger partial charge in [-0.05, 0) is 178 Å². The van der Waals surface area contributed by atoms with Crippen molar-refractivity contribution in [3.05, 3.63) is 481 Å². The smallest absolute Gasteiger partial charge is 0.164 e. The molecule has 0 saturated heterocycles. The topological polar surface area (TPSA) is 87.2 Å². The molecular formula is C116H72N8. The Kier molecular flexibility index (Phi) is 16.0. The Labute approximate surface area is 716 Å². The Bertz CT molecular complexity index is 7970. The van der Waals surface area contributed by atoms with Gasteiger partial charge in [0.2, 0.25) is 0 Å². The molecule has 4 aromatic heterocycles. The Hall–Kier alpha value is -16.4. The minimum Gasteiger partial charge on any atom is -0.309 e. The summed E-state index contributed by atoms with van der Waals surface area (Å²) in [6, 6.07) is 159. The van der Waals surface area contributed by atoms with E-state index in [2.05, 4.69) is 403 Å². The van der Waals surface area contributed by atoms with Crippen LogP contribution in [-0.2, 0) is 10.8 Å². The van der Waals surface area contributed by atoms with Gasteiger partial charge in [0.1, 0.15) is 0 Å². The van der Waals surface area contributed by atoms with E-state index in [1.165, 1.54) is 77.9 Å². The highest BCUT2D eigenvalue weighted by atomic mass is 15.1. The van der Waals surface area contributed by atoms with Crippen molar-refractivity contribution in [1.82, 2.24) is 39.0 Å². The molecule has 22 aromatic rings. The van der Waals surface area contributed by atoms with Crippen molar-refractivity contribution in [2.45, 2.75) is 10.8 Å². The van der Waals surface area contributed by atoms with E-state index in [0.29, 0.717) is 34.9 Å². The lowest BCUT2D eigenvalue weighted by molar-refractivity contribution is 0.769. The summed E-state index contributed by atoms with van der Waals surface area (Å²) in [6.45, 7) is 0. The number of nitrogens with zero attached hydrogens (tertiary/aromatic N) is 8. The monoisotopic (exact) mass is 1580 g/mol. The number of fused-ring (bicyclic) bond motifs is 19. The SMILES string of the molecule is c1ccc(-c2nc(-c3ccc(-c4cccc5c4-c4ccccc4C54c5ccccc5-c5c(-c6ccc7c(c6)c6c(-c8nc(-c9ccccc9)nc(-c9ccccc9)n8)cccc6n7-c6ccccc6)cccc54)cc3)nc(-c3cccc4c3c3cc(-c5ccc6c(c5)C(c5ccccc5)(c5ccccc5)c5ccccc5-6)ccc3n4-c3ccccc3)n2)cc1. The third kappa shape index (κ3) is 10.6. The Morgan fingerprint density at radius 1 is 0.169 bits per heavy atom. The van der Waals surface area contributed by atoms with Gasteiger partial charge in [-0.3, -0.25) is 0 Å². The first kappa shape index (κ1) is 70.6. The van der Waals surface area contributed by atoms with Gasteiger partial charge < -0.3 is 9.13 Å². The van der Waals surface area contributed by atoms with E-state index in [-0.39, 0.29) is 0 Å². The molecule has 3 aliphatic rings. The van der Waals surface area contributed by atoms with Gasteiger partial charge in [0, 0.05) is 66.3 Å². The number of hydrogen-bond donors (Lipinski definition) is 0. The van der Waals surface area contributed by atoms with Crippen molar-refractivity contribution in [2.75, 3.05) is 0 Å². The van der Waals surface area contributed by atoms with Gasteiger partial charge in [-0.1, -0.05) is 370 Å². The molecule has 0 bridgehead atoms. The van der Waals surface area contributed by atoms with E-state index in [1.54, 1.807) is 0 Å². The van der Waals surface area contributed by atoms with Crippen LogP contribution >= 0.6 is 0 Å². The first-order valence-corrected chi connectivity index (χ1v) is 42.4. The van der Waals surface area contributed by atoms with Gasteiger partial charge >= 0.3 is 0 Å². The van der Waals surface area contributed by atoms with E-state index in [4.69, 9.17) is 29.9 Å². The van der Waals surface area contributed by atoms with Crippen LogP contribution in [-0.4, -0.2) is 39.0 Å². The minimum absolute atomic E-state index is 0.551. The molecule has 124 heavy (non-hydrogen) atoms. The molecule has 0 fully saturated rings. The number of para-hydroxylation sites is 2. The fraction of sp³-hybridized carbons (Fsp3) is 0.0172. The van der Waals surface area contributed by atoms with E-state index in [0.717, 1.165) is 122 Å². The Morgan fingerprint density at radius 3 is 0.944 bits per heavy atom. The minimum atomic E-state index is -0.657. The van der Waals surface area contributed by atoms with E-state index < -0.39 is 10.8 Å². The molecule has 1 spiro atoms. The molecule has 0 amide bonds. The van der Waals surface area contributed by atoms with E-state index in [9.17, 15) is 0 Å². The Morgan fingerprint density at radius 2 is 0.476 bits per heavy atom. The first-order chi connectivity index (χ1) is 61.5. The zero-order chi connectivity index (χ0) is 81.6. The standard InChI is InChI=1S/C116H72N8/c1-8-32-74(33-9-1)109-117-110(75-34-10-2-11-35-75)120-113(119-109)92-52-31-59-104-108(92)94-71-80(66-69-102(94)124(104)84-44-20-7-21-45-84)86-50-29-57-99-106(86)90-48-24-27-55-97(90)116(99)96-54-26-23-47-89(96)105-85(49-28-56-98(105)116)73-60-62-77(63-61-73)112-118-111(76-36-12-3-13-37-76)121-114(122-112)91-51-30-58-103-107(91)93-70-78(65-68-101(93)123(103)83-42-18-6-19-43-83)79-64-67-88-87-46-22-25-53-95(87)115(100(88)72-79,81-38-14-4-15-39-81)82-40-16-5-17-41-82/h1-72H. The second-order valence-corrected chi connectivity index (χ2v) is 32.6. The summed E-state index contributed by atoms with van der Waals surface area (Å²) < 4.78 is 4.78. The van der Waals surface area contributed by atoms with Crippen molar-refractivity contribution in [1.29, 1.82) is 0 Å². The molecule has 25 rings (SSSR count). The molecule has 18 aromatic carbocycles. The molecule has 8 heteroatoms. The number of hydrogen-bond acceptors (Lipinski definition) is 6. The van der Waals surface area contributed by atoms with Crippen molar-refractivity contribution in [3.63, 3.8) is 0 Å². The van der Waals surface area contributed by atoms with Crippen LogP contribution in [0.1, 0.15) is 44.5 Å². The van der Waals surface area contributed by atoms with Crippen LogP contribution < -0.4 is 0 Å². The summed E-state index contributed by atoms with van der Waals surface area (Å²) in [6.07, 6.45) is 0. The average Bonchev–Trinajstić information content (AvgIpc) is 1.50. The van der Waals surface area contributed by atoms with Crippen molar-refractivity contribution in [3.8, 4) is 146 Å². The summed E-state index contributed by atoms with van der Waals surface area (Å²) in [7, 11) is 0. The summed E-state index contributed by atoms with van der Waals surface area (Å²) in [5, 5.41) is 4.30. The van der Waals surface area contributed by atoms with E-state index in [1.807, 2.05) is 42.5 Å². The highest BCUT2D eigenvalue weighted by Crippen LogP contribution is 2.66. The van der Waals surface area contributed by atoms with Crippen molar-refractivity contribution >= 4 is 43.6 Å². The van der Waals surface area contributed by atoms with Crippen LogP contribution in [0.4, 0.5) is 0 Å². The lowest BCUT2D eigenvalue weighted by atomic mass is 9.67. The molecule has 4 heterocycles. The average molecular weight is 1580 g/mol. The fourth-order valence-electron chi connectivity index (χ4n) is 21.0. The zero-order valence-corrected chi connectivity index (χ0v) is 67.1. The molecule has 0 saturated carbocycles. The van der Waals surface area contributed by atoms with E-state index >= 15 is 0 Å². The Balaban J connectivity index is 0.621. The quantitative estimate of drug-likeness (QED) is 0.114. The predicted molar refractivity (Wildman–Crippen MR) is 504 cm³/mol. The summed E-state index contributed by atoms with van der Waals surface area (Å²) in [5.74, 6) is 3.59. The molecule has 0 radical (unpaired) electrons. The molecule has 576 valence electrons. The van der Waals surface area contributed by atoms with Crippen molar-refractivity contribution < 1.29 is 0 Å². The molecule has 8 nitrogen and oxygen atoms in total. The summed E-state index contributed by atoms with van der Waals surface area (Å²) >= 11 is 0. The molecule has 1 atom stereocenters. The van der Waals surface area contributed by atoms with Gasteiger partial charge in [-0.15, -0.1) is 0 Å². The third-order valence-electron chi connectivity index (χ3n) is 26.2. The number of rotatable bonds is 13. The maximum atomic E-state index is 5.60. The maximum absolute atomic E-state index is 5.60. The lowest BCUT2D eigenvalue weighted by Gasteiger charge is -2.34. The predicted octanol–water partition coefficient (Wildman–Crippen LogP) is 28.0. The number of benzene rings is 18.